The number of hydrogen-bond acceptors (Lipinski definition) is 3. The van der Waals surface area contributed by atoms with Gasteiger partial charge in [0, 0.05) is 18.6 Å². The van der Waals surface area contributed by atoms with Gasteiger partial charge in [-0.3, -0.25) is 4.57 Å². The van der Waals surface area contributed by atoms with Gasteiger partial charge in [0.25, 0.3) is 0 Å². The van der Waals surface area contributed by atoms with E-state index in [1.807, 2.05) is 29.8 Å². The summed E-state index contributed by atoms with van der Waals surface area (Å²) in [5, 5.41) is 9.34. The number of aromatic nitrogens is 3. The van der Waals surface area contributed by atoms with Gasteiger partial charge in [-0.1, -0.05) is 6.07 Å². The summed E-state index contributed by atoms with van der Waals surface area (Å²) < 4.78 is 1.89. The minimum Gasteiger partial charge on any atom is -0.389 e. The van der Waals surface area contributed by atoms with Crippen LogP contribution in [0.25, 0.3) is 5.82 Å². The molecule has 1 N–H and O–H groups in total. The molecule has 0 spiro atoms. The Kier molecular flexibility index (Phi) is 2.51. The second-order valence-corrected chi connectivity index (χ2v) is 3.47. The van der Waals surface area contributed by atoms with E-state index in [1.54, 1.807) is 19.3 Å². The predicted octanol–water partition coefficient (Wildman–Crippen LogP) is 1.63. The van der Waals surface area contributed by atoms with Crippen LogP contribution < -0.4 is 0 Å². The van der Waals surface area contributed by atoms with Crippen molar-refractivity contribution in [2.45, 2.75) is 20.0 Å². The van der Waals surface area contributed by atoms with Crippen molar-refractivity contribution in [3.05, 3.63) is 42.1 Å². The zero-order chi connectivity index (χ0) is 10.8. The monoisotopic (exact) mass is 203 g/mol. The highest BCUT2D eigenvalue weighted by Gasteiger charge is 2.04. The summed E-state index contributed by atoms with van der Waals surface area (Å²) in [5.41, 5.74) is 0.816. The molecule has 0 saturated heterocycles. The molecule has 2 rings (SSSR count). The van der Waals surface area contributed by atoms with E-state index in [0.717, 1.165) is 17.2 Å². The first-order chi connectivity index (χ1) is 7.18. The smallest absolute Gasteiger partial charge is 0.137 e. The molecule has 1 atom stereocenters. The fourth-order valence-electron chi connectivity index (χ4n) is 1.41. The summed E-state index contributed by atoms with van der Waals surface area (Å²) in [7, 11) is 0. The fraction of sp³-hybridized carbons (Fsp3) is 0.273. The maximum Gasteiger partial charge on any atom is 0.137 e. The van der Waals surface area contributed by atoms with E-state index in [0.29, 0.717) is 0 Å². The van der Waals surface area contributed by atoms with E-state index in [9.17, 15) is 5.11 Å². The van der Waals surface area contributed by atoms with Crippen molar-refractivity contribution in [3.8, 4) is 5.82 Å². The summed E-state index contributed by atoms with van der Waals surface area (Å²) in [6.45, 7) is 3.64. The standard InChI is InChI=1S/C11H13N3O/c1-8(15)10-3-4-11(13-7-10)14-6-5-12-9(14)2/h3-8,15H,1-2H3/t8-/m1/s1. The molecule has 0 aliphatic rings. The average molecular weight is 203 g/mol. The van der Waals surface area contributed by atoms with Gasteiger partial charge >= 0.3 is 0 Å². The molecule has 0 unspecified atom stereocenters. The zero-order valence-electron chi connectivity index (χ0n) is 8.75. The molecule has 2 heterocycles. The van der Waals surface area contributed by atoms with E-state index >= 15 is 0 Å². The third-order valence-corrected chi connectivity index (χ3v) is 2.33. The third-order valence-electron chi connectivity index (χ3n) is 2.33. The number of nitrogens with zero attached hydrogens (tertiary/aromatic N) is 3. The number of aliphatic hydroxyl groups excluding tert-OH is 1. The number of pyridine rings is 1. The van der Waals surface area contributed by atoms with E-state index in [1.165, 1.54) is 0 Å². The van der Waals surface area contributed by atoms with Gasteiger partial charge in [-0.15, -0.1) is 0 Å². The highest BCUT2D eigenvalue weighted by molar-refractivity contribution is 5.27. The molecule has 0 aliphatic heterocycles. The van der Waals surface area contributed by atoms with E-state index < -0.39 is 6.10 Å². The number of imidazole rings is 1. The first-order valence-electron chi connectivity index (χ1n) is 4.83. The second kappa shape index (κ2) is 3.82. The largest absolute Gasteiger partial charge is 0.389 e. The molecule has 0 bridgehead atoms. The first-order valence-corrected chi connectivity index (χ1v) is 4.83. The van der Waals surface area contributed by atoms with Crippen LogP contribution in [0.5, 0.6) is 0 Å². The Morgan fingerprint density at radius 2 is 2.13 bits per heavy atom. The summed E-state index contributed by atoms with van der Waals surface area (Å²) in [4.78, 5) is 8.39. The Bertz CT molecular complexity index is 445. The molecule has 0 amide bonds. The lowest BCUT2D eigenvalue weighted by atomic mass is 10.2. The molecule has 0 radical (unpaired) electrons. The summed E-state index contributed by atoms with van der Waals surface area (Å²) in [5.74, 6) is 1.71. The topological polar surface area (TPSA) is 50.9 Å². The lowest BCUT2D eigenvalue weighted by Crippen LogP contribution is -2.00. The van der Waals surface area contributed by atoms with Crippen LogP contribution in [0.1, 0.15) is 24.4 Å². The Labute approximate surface area is 88.2 Å². The van der Waals surface area contributed by atoms with Crippen LogP contribution in [0.2, 0.25) is 0 Å². The van der Waals surface area contributed by atoms with Crippen molar-refractivity contribution in [2.24, 2.45) is 0 Å². The van der Waals surface area contributed by atoms with Crippen molar-refractivity contribution in [1.82, 2.24) is 14.5 Å². The van der Waals surface area contributed by atoms with Crippen molar-refractivity contribution in [2.75, 3.05) is 0 Å². The highest BCUT2D eigenvalue weighted by atomic mass is 16.3. The van der Waals surface area contributed by atoms with Gasteiger partial charge in [-0.05, 0) is 25.5 Å². The number of rotatable bonds is 2. The lowest BCUT2D eigenvalue weighted by molar-refractivity contribution is 0.199. The normalized spacial score (nSPS) is 12.7. The number of aliphatic hydroxyl groups is 1. The van der Waals surface area contributed by atoms with Gasteiger partial charge < -0.3 is 5.11 Å². The van der Waals surface area contributed by atoms with Crippen molar-refractivity contribution < 1.29 is 5.11 Å². The van der Waals surface area contributed by atoms with Crippen LogP contribution >= 0.6 is 0 Å². The maximum atomic E-state index is 9.34. The van der Waals surface area contributed by atoms with Gasteiger partial charge in [0.15, 0.2) is 0 Å². The molecule has 15 heavy (non-hydrogen) atoms. The van der Waals surface area contributed by atoms with Gasteiger partial charge in [0.2, 0.25) is 0 Å². The number of hydrogen-bond donors (Lipinski definition) is 1. The fourth-order valence-corrected chi connectivity index (χ4v) is 1.41. The van der Waals surface area contributed by atoms with Crippen molar-refractivity contribution in [1.29, 1.82) is 0 Å². The van der Waals surface area contributed by atoms with Gasteiger partial charge in [-0.2, -0.15) is 0 Å². The molecular weight excluding hydrogens is 190 g/mol. The SMILES string of the molecule is Cc1nccn1-c1ccc([C@@H](C)O)cn1. The van der Waals surface area contributed by atoms with Crippen molar-refractivity contribution in [3.63, 3.8) is 0 Å². The van der Waals surface area contributed by atoms with E-state index in [-0.39, 0.29) is 0 Å². The van der Waals surface area contributed by atoms with Crippen LogP contribution in [0.4, 0.5) is 0 Å². The summed E-state index contributed by atoms with van der Waals surface area (Å²) >= 11 is 0. The van der Waals surface area contributed by atoms with Crippen LogP contribution in [0.3, 0.4) is 0 Å². The van der Waals surface area contributed by atoms with E-state index in [2.05, 4.69) is 9.97 Å². The zero-order valence-corrected chi connectivity index (χ0v) is 8.75. The average Bonchev–Trinajstić information content (AvgIpc) is 2.65. The summed E-state index contributed by atoms with van der Waals surface area (Å²) in [6.07, 6.45) is 4.80. The Hall–Kier alpha value is -1.68. The maximum absolute atomic E-state index is 9.34. The Morgan fingerprint density at radius 1 is 1.33 bits per heavy atom. The van der Waals surface area contributed by atoms with Crippen LogP contribution in [0.15, 0.2) is 30.7 Å². The van der Waals surface area contributed by atoms with Gasteiger partial charge in [-0.25, -0.2) is 9.97 Å². The Balaban J connectivity index is 2.36. The van der Waals surface area contributed by atoms with Gasteiger partial charge in [0.05, 0.1) is 6.10 Å². The number of aryl methyl sites for hydroxylation is 1. The molecule has 0 fully saturated rings. The van der Waals surface area contributed by atoms with Crippen LogP contribution in [-0.2, 0) is 0 Å². The molecule has 4 nitrogen and oxygen atoms in total. The molecule has 78 valence electrons. The molecular formula is C11H13N3O. The van der Waals surface area contributed by atoms with Crippen LogP contribution in [-0.4, -0.2) is 19.6 Å². The van der Waals surface area contributed by atoms with E-state index in [4.69, 9.17) is 0 Å². The highest BCUT2D eigenvalue weighted by Crippen LogP contribution is 2.13. The van der Waals surface area contributed by atoms with Crippen LogP contribution in [0, 0.1) is 6.92 Å². The minimum atomic E-state index is -0.476. The predicted molar refractivity (Wildman–Crippen MR) is 56.7 cm³/mol. The molecule has 2 aromatic rings. The Morgan fingerprint density at radius 3 is 2.60 bits per heavy atom. The quantitative estimate of drug-likeness (QED) is 0.807. The molecule has 4 heteroatoms. The molecule has 0 aromatic carbocycles. The second-order valence-electron chi connectivity index (χ2n) is 3.47. The molecule has 0 aliphatic carbocycles. The van der Waals surface area contributed by atoms with Crippen molar-refractivity contribution >= 4 is 0 Å². The lowest BCUT2D eigenvalue weighted by Gasteiger charge is -2.06. The summed E-state index contributed by atoms with van der Waals surface area (Å²) in [6, 6.07) is 3.74. The van der Waals surface area contributed by atoms with Gasteiger partial charge in [0.1, 0.15) is 11.6 Å². The first kappa shape index (κ1) is 9.86. The molecule has 0 saturated carbocycles. The molecule has 2 aromatic heterocycles. The third kappa shape index (κ3) is 1.89. The minimum absolute atomic E-state index is 0.476.